The van der Waals surface area contributed by atoms with Gasteiger partial charge in [0.05, 0.1) is 0 Å². The molecule has 2 nitrogen and oxygen atoms in total. The van der Waals surface area contributed by atoms with Crippen LogP contribution in [-0.4, -0.2) is 11.6 Å². The Morgan fingerprint density at radius 2 is 1.82 bits per heavy atom. The molecule has 0 spiro atoms. The van der Waals surface area contributed by atoms with E-state index in [1.165, 1.54) is 32.1 Å². The van der Waals surface area contributed by atoms with E-state index in [-0.39, 0.29) is 5.41 Å². The summed E-state index contributed by atoms with van der Waals surface area (Å²) in [7, 11) is 0. The predicted molar refractivity (Wildman–Crippen MR) is 86.3 cm³/mol. The van der Waals surface area contributed by atoms with E-state index in [1.54, 1.807) is 0 Å². The van der Waals surface area contributed by atoms with Crippen LogP contribution in [0.15, 0.2) is 0 Å². The molecule has 0 aromatic heterocycles. The van der Waals surface area contributed by atoms with Crippen molar-refractivity contribution in [2.24, 2.45) is 40.9 Å². The molecule has 0 aromatic carbocycles. The summed E-state index contributed by atoms with van der Waals surface area (Å²) < 4.78 is 0. The van der Waals surface area contributed by atoms with E-state index in [2.05, 4.69) is 6.92 Å². The zero-order valence-corrected chi connectivity index (χ0v) is 14.1. The Bertz CT molecular complexity index is 496. The molecule has 122 valence electrons. The van der Waals surface area contributed by atoms with Gasteiger partial charge in [-0.1, -0.05) is 6.92 Å². The van der Waals surface area contributed by atoms with Crippen molar-refractivity contribution in [3.63, 3.8) is 0 Å². The highest BCUT2D eigenvalue weighted by molar-refractivity contribution is 5.80. The molecule has 0 bridgehead atoms. The van der Waals surface area contributed by atoms with Crippen molar-refractivity contribution in [2.75, 3.05) is 0 Å². The molecule has 4 saturated carbocycles. The Labute approximate surface area is 134 Å². The minimum Gasteiger partial charge on any atom is -0.300 e. The Morgan fingerprint density at radius 3 is 2.59 bits per heavy atom. The molecule has 0 heterocycles. The summed E-state index contributed by atoms with van der Waals surface area (Å²) >= 11 is 0. The molecule has 0 aromatic rings. The van der Waals surface area contributed by atoms with Crippen LogP contribution in [0.2, 0.25) is 0 Å². The zero-order valence-electron chi connectivity index (χ0n) is 14.1. The molecule has 4 aliphatic carbocycles. The average molecular weight is 302 g/mol. The largest absolute Gasteiger partial charge is 0.300 e. The van der Waals surface area contributed by atoms with Crippen LogP contribution in [0.3, 0.4) is 0 Å². The Morgan fingerprint density at radius 1 is 1.00 bits per heavy atom. The van der Waals surface area contributed by atoms with Gasteiger partial charge in [-0.25, -0.2) is 0 Å². The summed E-state index contributed by atoms with van der Waals surface area (Å²) in [5.41, 5.74) is 0.282. The molecule has 2 heteroatoms. The first-order valence-electron chi connectivity index (χ1n) is 9.53. The summed E-state index contributed by atoms with van der Waals surface area (Å²) in [6.45, 7) is 4.23. The van der Waals surface area contributed by atoms with Gasteiger partial charge in [-0.05, 0) is 86.9 Å². The maximum absolute atomic E-state index is 12.1. The number of hydrogen-bond donors (Lipinski definition) is 0. The topological polar surface area (TPSA) is 34.1 Å². The Kier molecular flexibility index (Phi) is 3.51. The summed E-state index contributed by atoms with van der Waals surface area (Å²) in [4.78, 5) is 23.9. The minimum atomic E-state index is 0.282. The van der Waals surface area contributed by atoms with Gasteiger partial charge in [-0.15, -0.1) is 0 Å². The monoisotopic (exact) mass is 302 g/mol. The maximum atomic E-state index is 12.1. The second-order valence-electron chi connectivity index (χ2n) is 9.00. The van der Waals surface area contributed by atoms with E-state index in [1.807, 2.05) is 6.92 Å². The molecule has 4 fully saturated rings. The highest BCUT2D eigenvalue weighted by Gasteiger charge is 2.57. The van der Waals surface area contributed by atoms with E-state index in [0.717, 1.165) is 49.4 Å². The molecular formula is C20H30O2. The first-order chi connectivity index (χ1) is 10.5. The lowest BCUT2D eigenvalue weighted by atomic mass is 9.49. The molecule has 22 heavy (non-hydrogen) atoms. The summed E-state index contributed by atoms with van der Waals surface area (Å²) in [5.74, 6) is 5.25. The number of Topliss-reactive ketones (excluding diaryl/α,β-unsaturated/α-hetero) is 2. The minimum absolute atomic E-state index is 0.282. The summed E-state index contributed by atoms with van der Waals surface area (Å²) in [6.07, 6.45) is 10.4. The zero-order chi connectivity index (χ0) is 15.5. The molecule has 4 aliphatic rings. The van der Waals surface area contributed by atoms with Crippen molar-refractivity contribution in [2.45, 2.75) is 71.6 Å². The normalized spacial score (nSPS) is 50.9. The number of fused-ring (bicyclic) bond motifs is 5. The standard InChI is InChI=1S/C20H30O2/c1-12(21)18-7-8-19-17-5-3-13-11-14(22)4-6-15(13)16(17)9-10-20(18,19)2/h13,15-19H,3-11H2,1-2H3/t13-,15-,16?,17?,18+,19?,20+/m1/s1. The van der Waals surface area contributed by atoms with Crippen molar-refractivity contribution >= 4 is 11.6 Å². The highest BCUT2D eigenvalue weighted by atomic mass is 16.1. The van der Waals surface area contributed by atoms with Gasteiger partial charge in [-0.3, -0.25) is 9.59 Å². The number of rotatable bonds is 1. The third-order valence-electron chi connectivity index (χ3n) is 8.26. The molecule has 0 N–H and O–H groups in total. The Hall–Kier alpha value is -0.660. The number of hydrogen-bond acceptors (Lipinski definition) is 2. The van der Waals surface area contributed by atoms with Crippen LogP contribution >= 0.6 is 0 Å². The smallest absolute Gasteiger partial charge is 0.133 e. The van der Waals surface area contributed by atoms with Crippen LogP contribution < -0.4 is 0 Å². The number of ketones is 2. The van der Waals surface area contributed by atoms with Gasteiger partial charge in [0.2, 0.25) is 0 Å². The van der Waals surface area contributed by atoms with Crippen molar-refractivity contribution < 1.29 is 9.59 Å². The lowest BCUT2D eigenvalue weighted by molar-refractivity contribution is -0.132. The van der Waals surface area contributed by atoms with Crippen molar-refractivity contribution in [3.05, 3.63) is 0 Å². The Balaban J connectivity index is 1.58. The van der Waals surface area contributed by atoms with Gasteiger partial charge in [0.25, 0.3) is 0 Å². The van der Waals surface area contributed by atoms with Crippen LogP contribution in [0, 0.1) is 40.9 Å². The molecule has 3 unspecified atom stereocenters. The third kappa shape index (κ3) is 2.05. The van der Waals surface area contributed by atoms with Crippen molar-refractivity contribution in [3.8, 4) is 0 Å². The average Bonchev–Trinajstić information content (AvgIpc) is 2.84. The van der Waals surface area contributed by atoms with Crippen LogP contribution in [0.4, 0.5) is 0 Å². The van der Waals surface area contributed by atoms with Crippen LogP contribution in [-0.2, 0) is 9.59 Å². The van der Waals surface area contributed by atoms with Gasteiger partial charge < -0.3 is 0 Å². The first-order valence-corrected chi connectivity index (χ1v) is 9.53. The third-order valence-corrected chi connectivity index (χ3v) is 8.26. The molecule has 0 aliphatic heterocycles. The van der Waals surface area contributed by atoms with Crippen LogP contribution in [0.25, 0.3) is 0 Å². The number of carbonyl (C=O) groups is 2. The lowest BCUT2D eigenvalue weighted by Gasteiger charge is -2.55. The molecule has 0 radical (unpaired) electrons. The highest BCUT2D eigenvalue weighted by Crippen LogP contribution is 2.64. The van der Waals surface area contributed by atoms with Crippen LogP contribution in [0.1, 0.15) is 71.6 Å². The SMILES string of the molecule is CC(=O)[C@@H]1CCC2C3CC[C@@H]4CC(=O)CC[C@H]4C3CC[C@]21C. The fourth-order valence-corrected chi connectivity index (χ4v) is 7.33. The predicted octanol–water partition coefficient (Wildman–Crippen LogP) is 4.41. The first kappa shape index (κ1) is 14.9. The van der Waals surface area contributed by atoms with E-state index >= 15 is 0 Å². The summed E-state index contributed by atoms with van der Waals surface area (Å²) in [5, 5.41) is 0. The van der Waals surface area contributed by atoms with E-state index in [4.69, 9.17) is 0 Å². The second-order valence-corrected chi connectivity index (χ2v) is 9.00. The van der Waals surface area contributed by atoms with Gasteiger partial charge in [0.15, 0.2) is 0 Å². The molecular weight excluding hydrogens is 272 g/mol. The van der Waals surface area contributed by atoms with Crippen LogP contribution in [0.5, 0.6) is 0 Å². The van der Waals surface area contributed by atoms with Crippen molar-refractivity contribution in [1.82, 2.24) is 0 Å². The van der Waals surface area contributed by atoms with Gasteiger partial charge in [0, 0.05) is 18.8 Å². The molecule has 4 rings (SSSR count). The van der Waals surface area contributed by atoms with E-state index in [9.17, 15) is 9.59 Å². The quantitative estimate of drug-likeness (QED) is 0.719. The fourth-order valence-electron chi connectivity index (χ4n) is 7.33. The second kappa shape index (κ2) is 5.18. The molecule has 0 amide bonds. The van der Waals surface area contributed by atoms with E-state index < -0.39 is 0 Å². The van der Waals surface area contributed by atoms with E-state index in [0.29, 0.717) is 23.4 Å². The number of carbonyl (C=O) groups excluding carboxylic acids is 2. The van der Waals surface area contributed by atoms with Gasteiger partial charge in [-0.2, -0.15) is 0 Å². The van der Waals surface area contributed by atoms with Crippen molar-refractivity contribution in [1.29, 1.82) is 0 Å². The summed E-state index contributed by atoms with van der Waals surface area (Å²) in [6, 6.07) is 0. The molecule has 7 atom stereocenters. The van der Waals surface area contributed by atoms with Gasteiger partial charge >= 0.3 is 0 Å². The maximum Gasteiger partial charge on any atom is 0.133 e. The lowest BCUT2D eigenvalue weighted by Crippen LogP contribution is -2.49. The molecule has 0 saturated heterocycles. The van der Waals surface area contributed by atoms with Gasteiger partial charge in [0.1, 0.15) is 11.6 Å². The fraction of sp³-hybridized carbons (Fsp3) is 0.900.